The first kappa shape index (κ1) is 14.1. The van der Waals surface area contributed by atoms with Gasteiger partial charge in [0.25, 0.3) is 0 Å². The fourth-order valence-electron chi connectivity index (χ4n) is 2.32. The molecule has 0 spiro atoms. The molecule has 1 aromatic heterocycles. The number of oxazole rings is 1. The molecule has 0 aliphatic heterocycles. The maximum Gasteiger partial charge on any atom is 0.312 e. The summed E-state index contributed by atoms with van der Waals surface area (Å²) in [5.41, 5.74) is 9.46. The van der Waals surface area contributed by atoms with E-state index in [2.05, 4.69) is 4.98 Å². The number of aromatic nitrogens is 1. The van der Waals surface area contributed by atoms with E-state index in [4.69, 9.17) is 14.9 Å². The standard InChI is InChI=1S/C17H16N2O3/c1-10(17(20)21-2)11-6-7-15-14(9-11)19-16(22-15)12-4-3-5-13(18)8-12/h3-10H,18H2,1-2H3. The molecule has 3 aromatic rings. The first-order chi connectivity index (χ1) is 10.6. The monoisotopic (exact) mass is 296 g/mol. The van der Waals surface area contributed by atoms with E-state index in [0.717, 1.165) is 11.1 Å². The first-order valence-corrected chi connectivity index (χ1v) is 6.92. The average Bonchev–Trinajstić information content (AvgIpc) is 2.96. The minimum atomic E-state index is -0.345. The van der Waals surface area contributed by atoms with E-state index in [9.17, 15) is 4.79 Å². The topological polar surface area (TPSA) is 78.3 Å². The molecule has 5 nitrogen and oxygen atoms in total. The van der Waals surface area contributed by atoms with Crippen LogP contribution in [0.25, 0.3) is 22.6 Å². The van der Waals surface area contributed by atoms with Crippen molar-refractivity contribution in [2.75, 3.05) is 12.8 Å². The molecule has 2 N–H and O–H groups in total. The maximum absolute atomic E-state index is 11.6. The number of rotatable bonds is 3. The average molecular weight is 296 g/mol. The summed E-state index contributed by atoms with van der Waals surface area (Å²) in [6.45, 7) is 1.80. The van der Waals surface area contributed by atoms with Crippen LogP contribution < -0.4 is 5.73 Å². The molecule has 0 saturated heterocycles. The molecule has 0 bridgehead atoms. The van der Waals surface area contributed by atoms with Crippen molar-refractivity contribution in [2.45, 2.75) is 12.8 Å². The van der Waals surface area contributed by atoms with Gasteiger partial charge in [-0.05, 0) is 42.8 Å². The number of carbonyl (C=O) groups excluding carboxylic acids is 1. The van der Waals surface area contributed by atoms with E-state index in [1.165, 1.54) is 7.11 Å². The van der Waals surface area contributed by atoms with Gasteiger partial charge < -0.3 is 14.9 Å². The SMILES string of the molecule is COC(=O)C(C)c1ccc2oc(-c3cccc(N)c3)nc2c1. The molecule has 0 fully saturated rings. The number of anilines is 1. The minimum Gasteiger partial charge on any atom is -0.469 e. The van der Waals surface area contributed by atoms with Crippen molar-refractivity contribution in [3.8, 4) is 11.5 Å². The molecule has 0 aliphatic rings. The summed E-state index contributed by atoms with van der Waals surface area (Å²) in [6.07, 6.45) is 0. The Labute approximate surface area is 127 Å². The van der Waals surface area contributed by atoms with Gasteiger partial charge in [-0.15, -0.1) is 0 Å². The highest BCUT2D eigenvalue weighted by atomic mass is 16.5. The zero-order valence-corrected chi connectivity index (χ0v) is 12.4. The quantitative estimate of drug-likeness (QED) is 0.592. The number of nitrogens with two attached hydrogens (primary N) is 1. The van der Waals surface area contributed by atoms with Crippen LogP contribution in [0.5, 0.6) is 0 Å². The van der Waals surface area contributed by atoms with E-state index >= 15 is 0 Å². The lowest BCUT2D eigenvalue weighted by Gasteiger charge is -2.08. The molecule has 22 heavy (non-hydrogen) atoms. The zero-order chi connectivity index (χ0) is 15.7. The Balaban J connectivity index is 2.02. The summed E-state index contributed by atoms with van der Waals surface area (Å²) in [6, 6.07) is 12.9. The Morgan fingerprint density at radius 3 is 2.82 bits per heavy atom. The molecule has 0 radical (unpaired) electrons. The van der Waals surface area contributed by atoms with Crippen LogP contribution in [0.2, 0.25) is 0 Å². The summed E-state index contributed by atoms with van der Waals surface area (Å²) in [5, 5.41) is 0. The lowest BCUT2D eigenvalue weighted by atomic mass is 10.0. The summed E-state index contributed by atoms with van der Waals surface area (Å²) >= 11 is 0. The van der Waals surface area contributed by atoms with Crippen LogP contribution in [-0.4, -0.2) is 18.1 Å². The molecule has 0 saturated carbocycles. The Morgan fingerprint density at radius 2 is 2.09 bits per heavy atom. The largest absolute Gasteiger partial charge is 0.469 e. The molecule has 1 unspecified atom stereocenters. The van der Waals surface area contributed by atoms with Gasteiger partial charge in [-0.2, -0.15) is 0 Å². The van der Waals surface area contributed by atoms with Crippen LogP contribution in [0.3, 0.4) is 0 Å². The van der Waals surface area contributed by atoms with Crippen molar-refractivity contribution in [2.24, 2.45) is 0 Å². The number of carbonyl (C=O) groups is 1. The van der Waals surface area contributed by atoms with E-state index in [1.807, 2.05) is 42.5 Å². The molecule has 0 amide bonds. The highest BCUT2D eigenvalue weighted by molar-refractivity contribution is 5.82. The van der Waals surface area contributed by atoms with Crippen LogP contribution in [0.4, 0.5) is 5.69 Å². The van der Waals surface area contributed by atoms with Crippen molar-refractivity contribution in [1.29, 1.82) is 0 Å². The molecule has 0 aliphatic carbocycles. The molecule has 1 heterocycles. The van der Waals surface area contributed by atoms with Gasteiger partial charge in [0.2, 0.25) is 5.89 Å². The van der Waals surface area contributed by atoms with Crippen LogP contribution in [0.1, 0.15) is 18.4 Å². The highest BCUT2D eigenvalue weighted by Gasteiger charge is 2.17. The smallest absolute Gasteiger partial charge is 0.312 e. The summed E-state index contributed by atoms with van der Waals surface area (Å²) in [4.78, 5) is 16.1. The molecule has 2 aromatic carbocycles. The van der Waals surface area contributed by atoms with Crippen molar-refractivity contribution in [1.82, 2.24) is 4.98 Å². The maximum atomic E-state index is 11.6. The molecule has 5 heteroatoms. The van der Waals surface area contributed by atoms with E-state index < -0.39 is 0 Å². The number of hydrogen-bond acceptors (Lipinski definition) is 5. The number of esters is 1. The summed E-state index contributed by atoms with van der Waals surface area (Å²) < 4.78 is 10.5. The number of methoxy groups -OCH3 is 1. The van der Waals surface area contributed by atoms with Gasteiger partial charge in [0.1, 0.15) is 5.52 Å². The fourth-order valence-corrected chi connectivity index (χ4v) is 2.32. The highest BCUT2D eigenvalue weighted by Crippen LogP contribution is 2.28. The normalized spacial score (nSPS) is 12.3. The summed E-state index contributed by atoms with van der Waals surface area (Å²) in [5.74, 6) is -0.119. The number of benzene rings is 2. The second-order valence-corrected chi connectivity index (χ2v) is 5.12. The van der Waals surface area contributed by atoms with Gasteiger partial charge in [0, 0.05) is 11.3 Å². The molecule has 112 valence electrons. The lowest BCUT2D eigenvalue weighted by Crippen LogP contribution is -2.10. The van der Waals surface area contributed by atoms with Crippen molar-refractivity contribution in [3.05, 3.63) is 48.0 Å². The van der Waals surface area contributed by atoms with Crippen LogP contribution in [0.15, 0.2) is 46.9 Å². The number of nitrogen functional groups attached to an aromatic ring is 1. The first-order valence-electron chi connectivity index (χ1n) is 6.92. The van der Waals surface area contributed by atoms with Crippen molar-refractivity contribution in [3.63, 3.8) is 0 Å². The molecular weight excluding hydrogens is 280 g/mol. The van der Waals surface area contributed by atoms with Gasteiger partial charge in [-0.25, -0.2) is 4.98 Å². The number of nitrogens with zero attached hydrogens (tertiary/aromatic N) is 1. The number of ether oxygens (including phenoxy) is 1. The van der Waals surface area contributed by atoms with Gasteiger partial charge in [0.15, 0.2) is 5.58 Å². The Bertz CT molecular complexity index is 839. The Hall–Kier alpha value is -2.82. The number of fused-ring (bicyclic) bond motifs is 1. The molecular formula is C17H16N2O3. The van der Waals surface area contributed by atoms with Gasteiger partial charge in [-0.1, -0.05) is 12.1 Å². The fraction of sp³-hybridized carbons (Fsp3) is 0.176. The van der Waals surface area contributed by atoms with Gasteiger partial charge >= 0.3 is 5.97 Å². The van der Waals surface area contributed by atoms with Gasteiger partial charge in [0.05, 0.1) is 13.0 Å². The van der Waals surface area contributed by atoms with E-state index in [0.29, 0.717) is 22.7 Å². The van der Waals surface area contributed by atoms with Gasteiger partial charge in [-0.3, -0.25) is 4.79 Å². The van der Waals surface area contributed by atoms with Crippen LogP contribution in [-0.2, 0) is 9.53 Å². The third kappa shape index (κ3) is 2.53. The van der Waals surface area contributed by atoms with E-state index in [-0.39, 0.29) is 11.9 Å². The second-order valence-electron chi connectivity index (χ2n) is 5.12. The Morgan fingerprint density at radius 1 is 1.27 bits per heavy atom. The Kier molecular flexibility index (Phi) is 3.55. The molecule has 1 atom stereocenters. The lowest BCUT2D eigenvalue weighted by molar-refractivity contribution is -0.141. The summed E-state index contributed by atoms with van der Waals surface area (Å²) in [7, 11) is 1.38. The third-order valence-corrected chi connectivity index (χ3v) is 3.60. The molecule has 3 rings (SSSR count). The van der Waals surface area contributed by atoms with Crippen LogP contribution >= 0.6 is 0 Å². The predicted octanol–water partition coefficient (Wildman–Crippen LogP) is 3.35. The van der Waals surface area contributed by atoms with E-state index in [1.54, 1.807) is 6.92 Å². The second kappa shape index (κ2) is 5.52. The zero-order valence-electron chi connectivity index (χ0n) is 12.4. The van der Waals surface area contributed by atoms with Crippen molar-refractivity contribution < 1.29 is 13.9 Å². The third-order valence-electron chi connectivity index (χ3n) is 3.60. The van der Waals surface area contributed by atoms with Crippen LogP contribution in [0, 0.1) is 0 Å². The minimum absolute atomic E-state index is 0.279. The predicted molar refractivity (Wildman–Crippen MR) is 84.3 cm³/mol. The number of hydrogen-bond donors (Lipinski definition) is 1. The van der Waals surface area contributed by atoms with Crippen molar-refractivity contribution >= 4 is 22.8 Å².